The summed E-state index contributed by atoms with van der Waals surface area (Å²) in [5.41, 5.74) is 3.07. The maximum Gasteiger partial charge on any atom is 0.319 e. The number of anilines is 1. The number of carbonyl (C=O) groups is 1. The Morgan fingerprint density at radius 2 is 1.92 bits per heavy atom. The number of carbonyl (C=O) groups excluding carboxylic acids is 1. The molecule has 3 rings (SSSR count). The van der Waals surface area contributed by atoms with E-state index in [4.69, 9.17) is 14.2 Å². The van der Waals surface area contributed by atoms with Gasteiger partial charge in [0.2, 0.25) is 6.79 Å². The second-order valence-corrected chi connectivity index (χ2v) is 5.76. The molecule has 2 aromatic carbocycles. The highest BCUT2D eigenvalue weighted by Crippen LogP contribution is 2.34. The van der Waals surface area contributed by atoms with Gasteiger partial charge in [-0.25, -0.2) is 4.79 Å². The molecule has 0 bridgehead atoms. The summed E-state index contributed by atoms with van der Waals surface area (Å²) in [5, 5.41) is 5.46. The van der Waals surface area contributed by atoms with Crippen LogP contribution in [0.15, 0.2) is 36.4 Å². The number of nitrogens with one attached hydrogen (secondary N) is 2. The molecule has 0 aliphatic carbocycles. The third-order valence-corrected chi connectivity index (χ3v) is 3.88. The van der Waals surface area contributed by atoms with Gasteiger partial charge >= 0.3 is 6.03 Å². The standard InChI is InChI=1S/C20H20N2O4/c1-14-5-6-16(11-15(14)2)22-20(23)21-9-3-4-10-24-17-7-8-18-19(12-17)26-13-25-18/h5-8,11-12H,9-10,13H2,1-2H3,(H2,21,22,23). The van der Waals surface area contributed by atoms with Crippen molar-refractivity contribution in [3.05, 3.63) is 47.5 Å². The summed E-state index contributed by atoms with van der Waals surface area (Å²) in [6, 6.07) is 10.8. The van der Waals surface area contributed by atoms with E-state index < -0.39 is 0 Å². The van der Waals surface area contributed by atoms with Crippen molar-refractivity contribution in [1.29, 1.82) is 0 Å². The number of fused-ring (bicyclic) bond motifs is 1. The molecule has 0 saturated carbocycles. The van der Waals surface area contributed by atoms with Crippen LogP contribution in [0.3, 0.4) is 0 Å². The third kappa shape index (κ3) is 4.61. The number of hydrogen-bond donors (Lipinski definition) is 2. The van der Waals surface area contributed by atoms with Crippen molar-refractivity contribution >= 4 is 11.7 Å². The third-order valence-electron chi connectivity index (χ3n) is 3.88. The molecular formula is C20H20N2O4. The number of benzene rings is 2. The summed E-state index contributed by atoms with van der Waals surface area (Å²) in [4.78, 5) is 11.8. The Labute approximate surface area is 152 Å². The number of urea groups is 1. The Bertz CT molecular complexity index is 868. The van der Waals surface area contributed by atoms with Gasteiger partial charge in [0.05, 0.1) is 6.54 Å². The molecule has 0 atom stereocenters. The minimum absolute atomic E-state index is 0.222. The zero-order valence-corrected chi connectivity index (χ0v) is 14.7. The van der Waals surface area contributed by atoms with Crippen LogP contribution in [0, 0.1) is 25.7 Å². The van der Waals surface area contributed by atoms with Crippen molar-refractivity contribution in [1.82, 2.24) is 5.32 Å². The fourth-order valence-electron chi connectivity index (χ4n) is 2.32. The van der Waals surface area contributed by atoms with Gasteiger partial charge in [0, 0.05) is 11.8 Å². The molecule has 134 valence electrons. The normalized spacial score (nSPS) is 11.3. The first kappa shape index (κ1) is 17.5. The molecule has 0 aromatic heterocycles. The summed E-state index contributed by atoms with van der Waals surface area (Å²) >= 11 is 0. The highest BCUT2D eigenvalue weighted by Gasteiger charge is 2.13. The maximum atomic E-state index is 11.8. The Balaban J connectivity index is 1.38. The van der Waals surface area contributed by atoms with E-state index in [0.717, 1.165) is 11.3 Å². The van der Waals surface area contributed by atoms with Gasteiger partial charge < -0.3 is 24.8 Å². The highest BCUT2D eigenvalue weighted by atomic mass is 16.7. The van der Waals surface area contributed by atoms with Crippen molar-refractivity contribution in [3.63, 3.8) is 0 Å². The molecule has 0 radical (unpaired) electrons. The second-order valence-electron chi connectivity index (χ2n) is 5.76. The predicted octanol–water partition coefficient (Wildman–Crippen LogP) is 3.24. The van der Waals surface area contributed by atoms with Gasteiger partial charge in [0.1, 0.15) is 12.4 Å². The van der Waals surface area contributed by atoms with Crippen molar-refractivity contribution in [3.8, 4) is 29.1 Å². The maximum absolute atomic E-state index is 11.8. The van der Waals surface area contributed by atoms with Gasteiger partial charge in [-0.05, 0) is 49.2 Å². The first-order chi connectivity index (χ1) is 12.6. The van der Waals surface area contributed by atoms with Crippen LogP contribution >= 0.6 is 0 Å². The first-order valence-electron chi connectivity index (χ1n) is 8.22. The van der Waals surface area contributed by atoms with E-state index in [0.29, 0.717) is 17.2 Å². The van der Waals surface area contributed by atoms with Crippen LogP contribution < -0.4 is 24.8 Å². The fraction of sp³-hybridized carbons (Fsp3) is 0.250. The zero-order chi connectivity index (χ0) is 18.4. The van der Waals surface area contributed by atoms with Crippen LogP contribution in [0.4, 0.5) is 10.5 Å². The van der Waals surface area contributed by atoms with Crippen molar-refractivity contribution in [2.75, 3.05) is 25.3 Å². The van der Waals surface area contributed by atoms with Gasteiger partial charge in [0.25, 0.3) is 0 Å². The van der Waals surface area contributed by atoms with Crippen molar-refractivity contribution in [2.45, 2.75) is 13.8 Å². The van der Waals surface area contributed by atoms with E-state index >= 15 is 0 Å². The van der Waals surface area contributed by atoms with Gasteiger partial charge in [0.15, 0.2) is 11.5 Å². The highest BCUT2D eigenvalue weighted by molar-refractivity contribution is 5.89. The Hall–Kier alpha value is -3.33. The van der Waals surface area contributed by atoms with Crippen LogP contribution in [-0.2, 0) is 0 Å². The summed E-state index contributed by atoms with van der Waals surface area (Å²) in [7, 11) is 0. The molecule has 0 saturated heterocycles. The molecule has 6 nitrogen and oxygen atoms in total. The predicted molar refractivity (Wildman–Crippen MR) is 98.8 cm³/mol. The molecule has 6 heteroatoms. The SMILES string of the molecule is Cc1ccc(NC(=O)NCC#CCOc2ccc3c(c2)OCO3)cc1C. The quantitative estimate of drug-likeness (QED) is 0.829. The number of ether oxygens (including phenoxy) is 3. The Kier molecular flexibility index (Phi) is 5.49. The fourth-order valence-corrected chi connectivity index (χ4v) is 2.32. The number of hydrogen-bond acceptors (Lipinski definition) is 4. The lowest BCUT2D eigenvalue weighted by molar-refractivity contribution is 0.174. The van der Waals surface area contributed by atoms with Gasteiger partial charge in [-0.3, -0.25) is 0 Å². The van der Waals surface area contributed by atoms with Gasteiger partial charge in [-0.2, -0.15) is 0 Å². The topological polar surface area (TPSA) is 68.8 Å². The minimum atomic E-state index is -0.292. The van der Waals surface area contributed by atoms with Crippen LogP contribution in [0.1, 0.15) is 11.1 Å². The minimum Gasteiger partial charge on any atom is -0.481 e. The summed E-state index contributed by atoms with van der Waals surface area (Å²) < 4.78 is 16.0. The van der Waals surface area contributed by atoms with E-state index in [1.54, 1.807) is 18.2 Å². The molecule has 0 fully saturated rings. The lowest BCUT2D eigenvalue weighted by Crippen LogP contribution is -2.29. The molecular weight excluding hydrogens is 332 g/mol. The Morgan fingerprint density at radius 1 is 1.08 bits per heavy atom. The van der Waals surface area contributed by atoms with Gasteiger partial charge in [-0.1, -0.05) is 17.9 Å². The molecule has 1 heterocycles. The number of amides is 2. The number of aryl methyl sites for hydroxylation is 2. The largest absolute Gasteiger partial charge is 0.481 e. The van der Waals surface area contributed by atoms with E-state index in [2.05, 4.69) is 22.5 Å². The molecule has 26 heavy (non-hydrogen) atoms. The Morgan fingerprint density at radius 3 is 2.77 bits per heavy atom. The van der Waals surface area contributed by atoms with E-state index in [9.17, 15) is 4.79 Å². The average molecular weight is 352 g/mol. The molecule has 0 spiro atoms. The van der Waals surface area contributed by atoms with E-state index in [1.807, 2.05) is 32.0 Å². The molecule has 1 aliphatic rings. The summed E-state index contributed by atoms with van der Waals surface area (Å²) in [5.74, 6) is 7.73. The number of rotatable bonds is 4. The van der Waals surface area contributed by atoms with Crippen LogP contribution in [0.25, 0.3) is 0 Å². The molecule has 2 amide bonds. The van der Waals surface area contributed by atoms with E-state index in [-0.39, 0.29) is 26.0 Å². The summed E-state index contributed by atoms with van der Waals surface area (Å²) in [6.45, 7) is 4.72. The zero-order valence-electron chi connectivity index (χ0n) is 14.7. The first-order valence-corrected chi connectivity index (χ1v) is 8.22. The second kappa shape index (κ2) is 8.17. The van der Waals surface area contributed by atoms with Gasteiger partial charge in [-0.15, -0.1) is 0 Å². The van der Waals surface area contributed by atoms with Crippen LogP contribution in [0.2, 0.25) is 0 Å². The average Bonchev–Trinajstić information content (AvgIpc) is 3.09. The molecule has 2 N–H and O–H groups in total. The molecule has 1 aliphatic heterocycles. The van der Waals surface area contributed by atoms with Crippen LogP contribution in [-0.4, -0.2) is 26.0 Å². The van der Waals surface area contributed by atoms with Crippen molar-refractivity contribution < 1.29 is 19.0 Å². The molecule has 2 aromatic rings. The monoisotopic (exact) mass is 352 g/mol. The van der Waals surface area contributed by atoms with E-state index in [1.165, 1.54) is 5.56 Å². The van der Waals surface area contributed by atoms with Crippen molar-refractivity contribution in [2.24, 2.45) is 0 Å². The van der Waals surface area contributed by atoms with Crippen LogP contribution in [0.5, 0.6) is 17.2 Å². The smallest absolute Gasteiger partial charge is 0.319 e. The lowest BCUT2D eigenvalue weighted by Gasteiger charge is -2.07. The summed E-state index contributed by atoms with van der Waals surface area (Å²) in [6.07, 6.45) is 0. The molecule has 0 unspecified atom stereocenters. The lowest BCUT2D eigenvalue weighted by atomic mass is 10.1.